The van der Waals surface area contributed by atoms with E-state index in [2.05, 4.69) is 15.3 Å². The molecule has 5 aromatic rings. The molecule has 3 heterocycles. The molecule has 0 unspecified atom stereocenters. The number of hydrogen-bond acceptors (Lipinski definition) is 9. The van der Waals surface area contributed by atoms with Crippen LogP contribution in [0.1, 0.15) is 59.9 Å². The first-order valence-electron chi connectivity index (χ1n) is 15.3. The molecular weight excluding hydrogens is 586 g/mol. The van der Waals surface area contributed by atoms with E-state index in [0.717, 1.165) is 10.9 Å². The molecule has 0 aliphatic carbocycles. The summed E-state index contributed by atoms with van der Waals surface area (Å²) in [6.07, 6.45) is 1.74. The number of ether oxygens (including phenoxy) is 3. The standard InChI is InChI=1S/C34H41N7O5/c1-33(2,3)45-31(42)36-16-10-11-17-40-30-27(29(35)37-21-38-30)28(39-40)26-18-23-14-15-24(44-20-22-12-8-7-9-13-22)19-25(23)41(26)32(43)46-34(4,5)6/h7-9,12-15,18-19,21H,10-11,16-17,20H2,1-6H3,(H,36,42)(H2,35,37,38). The van der Waals surface area contributed by atoms with Crippen molar-refractivity contribution in [1.82, 2.24) is 29.6 Å². The number of nitrogens with one attached hydrogen (secondary N) is 1. The molecule has 2 aromatic carbocycles. The van der Waals surface area contributed by atoms with Crippen molar-refractivity contribution in [3.05, 3.63) is 66.5 Å². The number of nitrogens with zero attached hydrogens (tertiary/aromatic N) is 5. The Hall–Kier alpha value is -5.13. The summed E-state index contributed by atoms with van der Waals surface area (Å²) in [5.41, 5.74) is 8.19. The van der Waals surface area contributed by atoms with Gasteiger partial charge in [0, 0.05) is 24.5 Å². The van der Waals surface area contributed by atoms with Crippen LogP contribution in [0, 0.1) is 0 Å². The van der Waals surface area contributed by atoms with Crippen LogP contribution in [-0.4, -0.2) is 54.2 Å². The number of anilines is 1. The summed E-state index contributed by atoms with van der Waals surface area (Å²) in [4.78, 5) is 34.5. The second-order valence-corrected chi connectivity index (χ2v) is 13.0. The minimum Gasteiger partial charge on any atom is -0.489 e. The summed E-state index contributed by atoms with van der Waals surface area (Å²) in [7, 11) is 0. The normalized spacial score (nSPS) is 12.0. The van der Waals surface area contributed by atoms with Crippen molar-refractivity contribution < 1.29 is 23.8 Å². The molecule has 12 heteroatoms. The zero-order chi connectivity index (χ0) is 33.1. The number of aromatic nitrogens is 5. The van der Waals surface area contributed by atoms with Gasteiger partial charge in [-0.3, -0.25) is 0 Å². The fourth-order valence-electron chi connectivity index (χ4n) is 4.95. The molecule has 1 amide bonds. The average molecular weight is 628 g/mol. The molecule has 0 radical (unpaired) electrons. The Bertz CT molecular complexity index is 1850. The van der Waals surface area contributed by atoms with Crippen molar-refractivity contribution in [3.63, 3.8) is 0 Å². The van der Waals surface area contributed by atoms with Crippen LogP contribution < -0.4 is 15.8 Å². The van der Waals surface area contributed by atoms with Crippen LogP contribution in [0.15, 0.2) is 60.9 Å². The van der Waals surface area contributed by atoms with Crippen molar-refractivity contribution in [3.8, 4) is 17.1 Å². The van der Waals surface area contributed by atoms with Crippen molar-refractivity contribution in [2.45, 2.75) is 78.7 Å². The number of carbonyl (C=O) groups is 2. The fraction of sp³-hybridized carbons (Fsp3) is 0.382. The third-order valence-corrected chi connectivity index (χ3v) is 6.87. The summed E-state index contributed by atoms with van der Waals surface area (Å²) >= 11 is 0. The first-order valence-corrected chi connectivity index (χ1v) is 15.3. The average Bonchev–Trinajstić information content (AvgIpc) is 3.54. The van der Waals surface area contributed by atoms with Crippen LogP contribution in [0.3, 0.4) is 0 Å². The lowest BCUT2D eigenvalue weighted by Crippen LogP contribution is -2.33. The largest absolute Gasteiger partial charge is 0.489 e. The molecule has 3 aromatic heterocycles. The van der Waals surface area contributed by atoms with Crippen LogP contribution >= 0.6 is 0 Å². The fourth-order valence-corrected chi connectivity index (χ4v) is 4.95. The van der Waals surface area contributed by atoms with Crippen LogP contribution in [-0.2, 0) is 22.6 Å². The minimum atomic E-state index is -0.747. The number of nitrogen functional groups attached to an aromatic ring is 1. The van der Waals surface area contributed by atoms with Crippen LogP contribution in [0.25, 0.3) is 33.3 Å². The summed E-state index contributed by atoms with van der Waals surface area (Å²) < 4.78 is 20.5. The number of fused-ring (bicyclic) bond motifs is 2. The molecule has 46 heavy (non-hydrogen) atoms. The third-order valence-electron chi connectivity index (χ3n) is 6.87. The quantitative estimate of drug-likeness (QED) is 0.170. The number of carbonyl (C=O) groups excluding carboxylic acids is 2. The van der Waals surface area contributed by atoms with E-state index < -0.39 is 23.4 Å². The molecule has 3 N–H and O–H groups in total. The van der Waals surface area contributed by atoms with E-state index in [9.17, 15) is 9.59 Å². The zero-order valence-corrected chi connectivity index (χ0v) is 27.2. The van der Waals surface area contributed by atoms with E-state index in [0.29, 0.717) is 66.2 Å². The number of amides is 1. The summed E-state index contributed by atoms with van der Waals surface area (Å²) in [6.45, 7) is 12.2. The highest BCUT2D eigenvalue weighted by Crippen LogP contribution is 2.36. The molecule has 0 fully saturated rings. The molecule has 12 nitrogen and oxygen atoms in total. The van der Waals surface area contributed by atoms with Gasteiger partial charge in [-0.2, -0.15) is 5.10 Å². The van der Waals surface area contributed by atoms with E-state index in [4.69, 9.17) is 25.0 Å². The van der Waals surface area contributed by atoms with Gasteiger partial charge in [0.05, 0.1) is 16.6 Å². The molecule has 0 bridgehead atoms. The number of unbranched alkanes of at least 4 members (excludes halogenated alkanes) is 1. The number of nitrogens with two attached hydrogens (primary N) is 1. The van der Waals surface area contributed by atoms with E-state index in [1.807, 2.05) is 96.1 Å². The maximum atomic E-state index is 13.8. The van der Waals surface area contributed by atoms with Gasteiger partial charge in [0.1, 0.15) is 41.4 Å². The lowest BCUT2D eigenvalue weighted by Gasteiger charge is -2.21. The molecule has 0 saturated heterocycles. The van der Waals surface area contributed by atoms with Crippen molar-refractivity contribution in [2.24, 2.45) is 0 Å². The highest BCUT2D eigenvalue weighted by atomic mass is 16.6. The third kappa shape index (κ3) is 7.74. The minimum absolute atomic E-state index is 0.241. The van der Waals surface area contributed by atoms with Crippen molar-refractivity contribution >= 4 is 39.9 Å². The Balaban J connectivity index is 1.48. The first-order chi connectivity index (χ1) is 21.8. The van der Waals surface area contributed by atoms with Crippen LogP contribution in [0.5, 0.6) is 5.75 Å². The summed E-state index contributed by atoms with van der Waals surface area (Å²) in [5.74, 6) is 0.842. The van der Waals surface area contributed by atoms with Gasteiger partial charge < -0.3 is 25.3 Å². The molecule has 0 aliphatic rings. The number of hydrogen-bond donors (Lipinski definition) is 2. The van der Waals surface area contributed by atoms with E-state index >= 15 is 0 Å². The molecule has 242 valence electrons. The first kappa shape index (κ1) is 32.3. The van der Waals surface area contributed by atoms with E-state index in [1.165, 1.54) is 10.9 Å². The topological polar surface area (TPSA) is 148 Å². The Morgan fingerprint density at radius 1 is 0.913 bits per heavy atom. The molecule has 5 rings (SSSR count). The summed E-state index contributed by atoms with van der Waals surface area (Å²) in [5, 5.41) is 9.00. The number of rotatable bonds is 9. The lowest BCUT2D eigenvalue weighted by molar-refractivity contribution is 0.0521. The molecule has 0 saturated carbocycles. The summed E-state index contributed by atoms with van der Waals surface area (Å²) in [6, 6.07) is 17.3. The monoisotopic (exact) mass is 627 g/mol. The van der Waals surface area contributed by atoms with Gasteiger partial charge in [-0.05, 0) is 78.1 Å². The Labute approximate surface area is 267 Å². The maximum Gasteiger partial charge on any atom is 0.419 e. The number of alkyl carbamates (subject to hydrolysis) is 1. The van der Waals surface area contributed by atoms with Gasteiger partial charge in [-0.15, -0.1) is 0 Å². The predicted octanol–water partition coefficient (Wildman–Crippen LogP) is 6.70. The van der Waals surface area contributed by atoms with Gasteiger partial charge in [-0.25, -0.2) is 28.8 Å². The molecule has 0 aliphatic heterocycles. The zero-order valence-electron chi connectivity index (χ0n) is 27.2. The smallest absolute Gasteiger partial charge is 0.419 e. The second kappa shape index (κ2) is 13.1. The van der Waals surface area contributed by atoms with Crippen molar-refractivity contribution in [1.29, 1.82) is 0 Å². The van der Waals surface area contributed by atoms with Gasteiger partial charge in [0.2, 0.25) is 0 Å². The van der Waals surface area contributed by atoms with E-state index in [-0.39, 0.29) is 5.82 Å². The second-order valence-electron chi connectivity index (χ2n) is 13.0. The highest BCUT2D eigenvalue weighted by Gasteiger charge is 2.27. The van der Waals surface area contributed by atoms with E-state index in [1.54, 1.807) is 4.68 Å². The Morgan fingerprint density at radius 3 is 2.37 bits per heavy atom. The number of benzene rings is 2. The van der Waals surface area contributed by atoms with Gasteiger partial charge >= 0.3 is 12.2 Å². The Morgan fingerprint density at radius 2 is 1.65 bits per heavy atom. The van der Waals surface area contributed by atoms with Crippen molar-refractivity contribution in [2.75, 3.05) is 12.3 Å². The Kier molecular flexibility index (Phi) is 9.17. The lowest BCUT2D eigenvalue weighted by atomic mass is 10.2. The maximum absolute atomic E-state index is 13.8. The van der Waals surface area contributed by atoms with Gasteiger partial charge in [-0.1, -0.05) is 30.3 Å². The number of aryl methyl sites for hydroxylation is 1. The predicted molar refractivity (Wildman–Crippen MR) is 177 cm³/mol. The van der Waals surface area contributed by atoms with Crippen LogP contribution in [0.2, 0.25) is 0 Å². The van der Waals surface area contributed by atoms with Crippen LogP contribution in [0.4, 0.5) is 15.4 Å². The van der Waals surface area contributed by atoms with Gasteiger partial charge in [0.25, 0.3) is 0 Å². The SMILES string of the molecule is CC(C)(C)OC(=O)NCCCCn1nc(-c2cc3ccc(OCc4ccccc4)cc3n2C(=O)OC(C)(C)C)c2c(N)ncnc21. The molecule has 0 atom stereocenters. The molecular formula is C34H41N7O5. The molecule has 0 spiro atoms. The highest BCUT2D eigenvalue weighted by molar-refractivity contribution is 6.03. The van der Waals surface area contributed by atoms with Gasteiger partial charge in [0.15, 0.2) is 5.65 Å².